The summed E-state index contributed by atoms with van der Waals surface area (Å²) in [6.07, 6.45) is 2.20. The molecular formula is C15H21NO3. The fraction of sp³-hybridized carbons (Fsp3) is 0.533. The van der Waals surface area contributed by atoms with Crippen LogP contribution in [0.25, 0.3) is 0 Å². The van der Waals surface area contributed by atoms with Gasteiger partial charge in [0.05, 0.1) is 12.0 Å². The van der Waals surface area contributed by atoms with Gasteiger partial charge in [0.25, 0.3) is 0 Å². The summed E-state index contributed by atoms with van der Waals surface area (Å²) in [4.78, 5) is 11.1. The molecule has 104 valence electrons. The van der Waals surface area contributed by atoms with Gasteiger partial charge in [0.1, 0.15) is 0 Å². The summed E-state index contributed by atoms with van der Waals surface area (Å²) in [7, 11) is 0. The molecule has 3 N–H and O–H groups in total. The van der Waals surface area contributed by atoms with Crippen molar-refractivity contribution in [3.8, 4) is 0 Å². The third-order valence-corrected chi connectivity index (χ3v) is 3.90. The lowest BCUT2D eigenvalue weighted by Gasteiger charge is -2.18. The third-order valence-electron chi connectivity index (χ3n) is 3.90. The number of nitrogens with one attached hydrogen (secondary N) is 1. The molecule has 3 atom stereocenters. The Kier molecular flexibility index (Phi) is 4.93. The number of rotatable bonds is 6. The molecule has 1 saturated carbocycles. The predicted molar refractivity (Wildman–Crippen MR) is 72.7 cm³/mol. The van der Waals surface area contributed by atoms with Crippen LogP contribution in [0.4, 0.5) is 0 Å². The van der Waals surface area contributed by atoms with E-state index in [4.69, 9.17) is 5.11 Å². The average Bonchev–Trinajstić information content (AvgIpc) is 2.88. The number of aliphatic hydroxyl groups excluding tert-OH is 1. The van der Waals surface area contributed by atoms with E-state index in [9.17, 15) is 9.90 Å². The van der Waals surface area contributed by atoms with E-state index in [2.05, 4.69) is 5.32 Å². The zero-order valence-electron chi connectivity index (χ0n) is 11.0. The van der Waals surface area contributed by atoms with Gasteiger partial charge < -0.3 is 15.5 Å². The second-order valence-corrected chi connectivity index (χ2v) is 5.22. The van der Waals surface area contributed by atoms with Crippen molar-refractivity contribution in [2.45, 2.75) is 25.4 Å². The van der Waals surface area contributed by atoms with Crippen LogP contribution in [0.15, 0.2) is 30.3 Å². The predicted octanol–water partition coefficient (Wildman–Crippen LogP) is 1.81. The zero-order valence-corrected chi connectivity index (χ0v) is 11.0. The highest BCUT2D eigenvalue weighted by atomic mass is 16.4. The third kappa shape index (κ3) is 3.78. The quantitative estimate of drug-likeness (QED) is 0.732. The zero-order chi connectivity index (χ0) is 13.7. The van der Waals surface area contributed by atoms with Crippen LogP contribution < -0.4 is 5.32 Å². The largest absolute Gasteiger partial charge is 0.481 e. The number of carbonyl (C=O) groups is 1. The van der Waals surface area contributed by atoms with Crippen LogP contribution >= 0.6 is 0 Å². The highest BCUT2D eigenvalue weighted by molar-refractivity contribution is 5.70. The molecule has 1 aliphatic rings. The fourth-order valence-corrected chi connectivity index (χ4v) is 2.80. The van der Waals surface area contributed by atoms with Gasteiger partial charge in [-0.3, -0.25) is 4.79 Å². The molecule has 0 amide bonds. The Balaban J connectivity index is 1.76. The molecule has 1 aromatic rings. The molecule has 0 spiro atoms. The van der Waals surface area contributed by atoms with Gasteiger partial charge in [0, 0.05) is 6.54 Å². The minimum absolute atomic E-state index is 0.195. The summed E-state index contributed by atoms with van der Waals surface area (Å²) in [5, 5.41) is 22.3. The minimum atomic E-state index is -0.687. The van der Waals surface area contributed by atoms with Gasteiger partial charge >= 0.3 is 5.97 Å². The Hall–Kier alpha value is -1.39. The molecule has 19 heavy (non-hydrogen) atoms. The number of benzene rings is 1. The first kappa shape index (κ1) is 14.0. The topological polar surface area (TPSA) is 69.6 Å². The van der Waals surface area contributed by atoms with Crippen molar-refractivity contribution < 1.29 is 15.0 Å². The van der Waals surface area contributed by atoms with Gasteiger partial charge in [-0.15, -0.1) is 0 Å². The molecule has 0 saturated heterocycles. The normalized spacial score (nSPS) is 24.3. The Morgan fingerprint density at radius 1 is 1.32 bits per heavy atom. The SMILES string of the molecule is O=C(O)C1CCCC1CNCC(O)c1ccccc1. The molecule has 3 unspecified atom stereocenters. The lowest BCUT2D eigenvalue weighted by molar-refractivity contribution is -0.142. The lowest BCUT2D eigenvalue weighted by Crippen LogP contribution is -2.31. The lowest BCUT2D eigenvalue weighted by atomic mass is 9.96. The van der Waals surface area contributed by atoms with E-state index in [0.29, 0.717) is 13.1 Å². The van der Waals surface area contributed by atoms with Crippen LogP contribution in [-0.2, 0) is 4.79 Å². The van der Waals surface area contributed by atoms with Crippen molar-refractivity contribution in [3.05, 3.63) is 35.9 Å². The average molecular weight is 263 g/mol. The highest BCUT2D eigenvalue weighted by Gasteiger charge is 2.32. The van der Waals surface area contributed by atoms with E-state index in [1.807, 2.05) is 30.3 Å². The summed E-state index contributed by atoms with van der Waals surface area (Å²) in [6.45, 7) is 1.13. The maximum Gasteiger partial charge on any atom is 0.306 e. The Labute approximate surface area is 113 Å². The second-order valence-electron chi connectivity index (χ2n) is 5.22. The van der Waals surface area contributed by atoms with Gasteiger partial charge in [0.15, 0.2) is 0 Å². The van der Waals surface area contributed by atoms with E-state index in [0.717, 1.165) is 24.8 Å². The number of carboxylic acids is 1. The van der Waals surface area contributed by atoms with Gasteiger partial charge in [-0.1, -0.05) is 36.8 Å². The summed E-state index contributed by atoms with van der Waals surface area (Å²) in [6, 6.07) is 9.50. The van der Waals surface area contributed by atoms with Crippen molar-refractivity contribution in [2.24, 2.45) is 11.8 Å². The number of hydrogen-bond acceptors (Lipinski definition) is 3. The van der Waals surface area contributed by atoms with Gasteiger partial charge in [-0.05, 0) is 30.9 Å². The highest BCUT2D eigenvalue weighted by Crippen LogP contribution is 2.31. The van der Waals surface area contributed by atoms with Crippen molar-refractivity contribution in [2.75, 3.05) is 13.1 Å². The van der Waals surface area contributed by atoms with Gasteiger partial charge in [-0.2, -0.15) is 0 Å². The molecule has 1 fully saturated rings. The first-order valence-corrected chi connectivity index (χ1v) is 6.85. The van der Waals surface area contributed by atoms with Crippen molar-refractivity contribution in [1.82, 2.24) is 5.32 Å². The second kappa shape index (κ2) is 6.68. The minimum Gasteiger partial charge on any atom is -0.481 e. The van der Waals surface area contributed by atoms with Gasteiger partial charge in [0.2, 0.25) is 0 Å². The standard InChI is InChI=1S/C15H21NO3/c17-14(11-5-2-1-3-6-11)10-16-9-12-7-4-8-13(12)15(18)19/h1-3,5-6,12-14,16-17H,4,7-10H2,(H,18,19). The molecule has 0 radical (unpaired) electrons. The van der Waals surface area contributed by atoms with Gasteiger partial charge in [-0.25, -0.2) is 0 Å². The van der Waals surface area contributed by atoms with E-state index < -0.39 is 12.1 Å². The van der Waals surface area contributed by atoms with Crippen molar-refractivity contribution in [1.29, 1.82) is 0 Å². The molecule has 0 bridgehead atoms. The molecular weight excluding hydrogens is 242 g/mol. The summed E-state index contributed by atoms with van der Waals surface area (Å²) in [5.74, 6) is -0.713. The molecule has 1 aliphatic carbocycles. The molecule has 4 heteroatoms. The molecule has 0 aromatic heterocycles. The smallest absolute Gasteiger partial charge is 0.306 e. The number of aliphatic hydroxyl groups is 1. The number of hydrogen-bond donors (Lipinski definition) is 3. The maximum atomic E-state index is 11.1. The van der Waals surface area contributed by atoms with Crippen LogP contribution in [-0.4, -0.2) is 29.3 Å². The monoisotopic (exact) mass is 263 g/mol. The van der Waals surface area contributed by atoms with Crippen LogP contribution in [0.3, 0.4) is 0 Å². The van der Waals surface area contributed by atoms with E-state index >= 15 is 0 Å². The number of carboxylic acid groups (broad SMARTS) is 1. The van der Waals surface area contributed by atoms with Crippen molar-refractivity contribution >= 4 is 5.97 Å². The van der Waals surface area contributed by atoms with Crippen molar-refractivity contribution in [3.63, 3.8) is 0 Å². The summed E-state index contributed by atoms with van der Waals surface area (Å²) < 4.78 is 0. The summed E-state index contributed by atoms with van der Waals surface area (Å²) in [5.41, 5.74) is 0.885. The molecule has 1 aromatic carbocycles. The summed E-state index contributed by atoms with van der Waals surface area (Å²) >= 11 is 0. The first-order valence-electron chi connectivity index (χ1n) is 6.85. The molecule has 0 heterocycles. The first-order chi connectivity index (χ1) is 9.18. The molecule has 0 aliphatic heterocycles. The Bertz CT molecular complexity index is 407. The van der Waals surface area contributed by atoms with Crippen LogP contribution in [0, 0.1) is 11.8 Å². The van der Waals surface area contributed by atoms with Crippen LogP contribution in [0.5, 0.6) is 0 Å². The van der Waals surface area contributed by atoms with E-state index in [-0.39, 0.29) is 11.8 Å². The van der Waals surface area contributed by atoms with E-state index in [1.165, 1.54) is 0 Å². The molecule has 2 rings (SSSR count). The van der Waals surface area contributed by atoms with E-state index in [1.54, 1.807) is 0 Å². The molecule has 4 nitrogen and oxygen atoms in total. The Morgan fingerprint density at radius 3 is 2.74 bits per heavy atom. The van der Waals surface area contributed by atoms with Crippen LogP contribution in [0.2, 0.25) is 0 Å². The fourth-order valence-electron chi connectivity index (χ4n) is 2.80. The number of aliphatic carboxylic acids is 1. The Morgan fingerprint density at radius 2 is 2.05 bits per heavy atom. The van der Waals surface area contributed by atoms with Crippen LogP contribution in [0.1, 0.15) is 30.9 Å². The maximum absolute atomic E-state index is 11.1.